The molecule has 8 heteroatoms. The maximum Gasteiger partial charge on any atom is 0.409 e. The smallest absolute Gasteiger partial charge is 0.409 e. The van der Waals surface area contributed by atoms with Crippen molar-refractivity contribution in [3.05, 3.63) is 17.0 Å². The normalized spacial score (nSPS) is 17.0. The highest BCUT2D eigenvalue weighted by Gasteiger charge is 2.31. The first-order chi connectivity index (χ1) is 9.98. The zero-order valence-electron chi connectivity index (χ0n) is 12.2. The van der Waals surface area contributed by atoms with E-state index in [1.165, 1.54) is 15.6 Å². The van der Waals surface area contributed by atoms with Crippen LogP contribution in [-0.2, 0) is 21.2 Å². The van der Waals surface area contributed by atoms with Gasteiger partial charge in [0.25, 0.3) is 10.0 Å². The van der Waals surface area contributed by atoms with E-state index in [9.17, 15) is 13.2 Å². The Kier molecular flexibility index (Phi) is 5.23. The second-order valence-corrected chi connectivity index (χ2v) is 8.00. The van der Waals surface area contributed by atoms with E-state index in [0.29, 0.717) is 37.0 Å². The van der Waals surface area contributed by atoms with Crippen molar-refractivity contribution >= 4 is 27.5 Å². The van der Waals surface area contributed by atoms with Crippen molar-refractivity contribution in [2.24, 2.45) is 0 Å². The van der Waals surface area contributed by atoms with Crippen LogP contribution in [0.25, 0.3) is 0 Å². The second kappa shape index (κ2) is 6.76. The Balaban J connectivity index is 2.02. The fourth-order valence-electron chi connectivity index (χ4n) is 2.14. The number of thiophene rings is 1. The van der Waals surface area contributed by atoms with Gasteiger partial charge in [0.15, 0.2) is 0 Å². The average Bonchev–Trinajstić information content (AvgIpc) is 2.97. The molecule has 21 heavy (non-hydrogen) atoms. The fourth-order valence-corrected chi connectivity index (χ4v) is 5.01. The van der Waals surface area contributed by atoms with Crippen LogP contribution >= 0.6 is 11.3 Å². The third kappa shape index (κ3) is 3.56. The zero-order valence-corrected chi connectivity index (χ0v) is 13.9. The molecule has 1 fully saturated rings. The standard InChI is InChI=1S/C13H20N2O4S2/c1-3-11-5-6-12(20-11)21(17,18)15-9-7-14(8-10-15)13(16)19-4-2/h5-6H,3-4,7-10H2,1-2H3. The summed E-state index contributed by atoms with van der Waals surface area (Å²) in [5, 5.41) is 0. The van der Waals surface area contributed by atoms with Gasteiger partial charge >= 0.3 is 6.09 Å². The molecule has 0 aromatic carbocycles. The van der Waals surface area contributed by atoms with Gasteiger partial charge in [0.05, 0.1) is 6.61 Å². The first-order valence-electron chi connectivity index (χ1n) is 6.99. The molecule has 0 bridgehead atoms. The predicted octanol–water partition coefficient (Wildman–Crippen LogP) is 1.77. The van der Waals surface area contributed by atoms with Gasteiger partial charge in [-0.15, -0.1) is 11.3 Å². The summed E-state index contributed by atoms with van der Waals surface area (Å²) >= 11 is 1.31. The number of piperazine rings is 1. The maximum atomic E-state index is 12.5. The van der Waals surface area contributed by atoms with Gasteiger partial charge in [-0.3, -0.25) is 0 Å². The Bertz CT molecular complexity index is 589. The van der Waals surface area contributed by atoms with Crippen LogP contribution < -0.4 is 0 Å². The predicted molar refractivity (Wildman–Crippen MR) is 81.1 cm³/mol. The summed E-state index contributed by atoms with van der Waals surface area (Å²) < 4.78 is 31.8. The lowest BCUT2D eigenvalue weighted by atomic mass is 10.4. The maximum absolute atomic E-state index is 12.5. The third-order valence-electron chi connectivity index (χ3n) is 3.34. The van der Waals surface area contributed by atoms with Gasteiger partial charge in [0, 0.05) is 31.1 Å². The summed E-state index contributed by atoms with van der Waals surface area (Å²) in [6, 6.07) is 3.52. The lowest BCUT2D eigenvalue weighted by Gasteiger charge is -2.32. The van der Waals surface area contributed by atoms with E-state index >= 15 is 0 Å². The van der Waals surface area contributed by atoms with E-state index in [0.717, 1.165) is 11.3 Å². The molecule has 1 aromatic rings. The summed E-state index contributed by atoms with van der Waals surface area (Å²) in [5.74, 6) is 0. The molecule has 2 heterocycles. The number of nitrogens with zero attached hydrogens (tertiary/aromatic N) is 2. The number of amides is 1. The van der Waals surface area contributed by atoms with E-state index in [1.807, 2.05) is 13.0 Å². The lowest BCUT2D eigenvalue weighted by molar-refractivity contribution is 0.0934. The number of sulfonamides is 1. The summed E-state index contributed by atoms with van der Waals surface area (Å²) in [6.45, 7) is 5.42. The minimum atomic E-state index is -3.44. The molecule has 0 unspecified atom stereocenters. The molecule has 0 saturated carbocycles. The quantitative estimate of drug-likeness (QED) is 0.843. The molecule has 0 atom stereocenters. The monoisotopic (exact) mass is 332 g/mol. The molecule has 0 radical (unpaired) electrons. The van der Waals surface area contributed by atoms with E-state index in [2.05, 4.69) is 0 Å². The molecule has 1 aliphatic rings. The van der Waals surface area contributed by atoms with Gasteiger partial charge in [-0.1, -0.05) is 6.92 Å². The van der Waals surface area contributed by atoms with Crippen LogP contribution in [0.5, 0.6) is 0 Å². The molecule has 0 spiro atoms. The van der Waals surface area contributed by atoms with Crippen LogP contribution in [0.4, 0.5) is 4.79 Å². The molecule has 0 aliphatic carbocycles. The van der Waals surface area contributed by atoms with Gasteiger partial charge in [-0.25, -0.2) is 13.2 Å². The Morgan fingerprint density at radius 2 is 1.90 bits per heavy atom. The first kappa shape index (κ1) is 16.3. The molecule has 1 amide bonds. The minimum absolute atomic E-state index is 0.306. The van der Waals surface area contributed by atoms with Crippen LogP contribution in [0.1, 0.15) is 18.7 Å². The summed E-state index contributed by atoms with van der Waals surface area (Å²) in [7, 11) is -3.44. The van der Waals surface area contributed by atoms with Crippen molar-refractivity contribution in [3.63, 3.8) is 0 Å². The molecular weight excluding hydrogens is 312 g/mol. The average molecular weight is 332 g/mol. The molecule has 6 nitrogen and oxygen atoms in total. The second-order valence-electron chi connectivity index (χ2n) is 4.66. The number of carbonyl (C=O) groups is 1. The Morgan fingerprint density at radius 1 is 1.24 bits per heavy atom. The zero-order chi connectivity index (χ0) is 15.5. The highest BCUT2D eigenvalue weighted by atomic mass is 32.2. The van der Waals surface area contributed by atoms with Crippen molar-refractivity contribution in [1.29, 1.82) is 0 Å². The van der Waals surface area contributed by atoms with Crippen LogP contribution in [0.2, 0.25) is 0 Å². The number of rotatable bonds is 4. The first-order valence-corrected chi connectivity index (χ1v) is 9.25. The van der Waals surface area contributed by atoms with E-state index in [-0.39, 0.29) is 6.09 Å². The minimum Gasteiger partial charge on any atom is -0.450 e. The number of hydrogen-bond acceptors (Lipinski definition) is 5. The van der Waals surface area contributed by atoms with Gasteiger partial charge in [-0.2, -0.15) is 4.31 Å². The van der Waals surface area contributed by atoms with E-state index in [4.69, 9.17) is 4.74 Å². The summed E-state index contributed by atoms with van der Waals surface area (Å²) in [4.78, 5) is 14.2. The largest absolute Gasteiger partial charge is 0.450 e. The lowest BCUT2D eigenvalue weighted by Crippen LogP contribution is -2.50. The number of ether oxygens (including phenoxy) is 1. The molecule has 1 saturated heterocycles. The van der Waals surface area contributed by atoms with Crippen LogP contribution in [0.3, 0.4) is 0 Å². The molecule has 2 rings (SSSR count). The Morgan fingerprint density at radius 3 is 2.43 bits per heavy atom. The van der Waals surface area contributed by atoms with Gasteiger partial charge < -0.3 is 9.64 Å². The van der Waals surface area contributed by atoms with E-state index < -0.39 is 10.0 Å². The number of aryl methyl sites for hydroxylation is 1. The van der Waals surface area contributed by atoms with Crippen molar-refractivity contribution in [2.75, 3.05) is 32.8 Å². The van der Waals surface area contributed by atoms with Crippen molar-refractivity contribution < 1.29 is 17.9 Å². The molecule has 1 aliphatic heterocycles. The van der Waals surface area contributed by atoms with Gasteiger partial charge in [0.2, 0.25) is 0 Å². The summed E-state index contributed by atoms with van der Waals surface area (Å²) in [6.07, 6.45) is 0.454. The highest BCUT2D eigenvalue weighted by molar-refractivity contribution is 7.91. The van der Waals surface area contributed by atoms with Crippen LogP contribution in [0, 0.1) is 0 Å². The van der Waals surface area contributed by atoms with E-state index in [1.54, 1.807) is 17.9 Å². The third-order valence-corrected chi connectivity index (χ3v) is 6.94. The summed E-state index contributed by atoms with van der Waals surface area (Å²) in [5.41, 5.74) is 0. The fraction of sp³-hybridized carbons (Fsp3) is 0.615. The Hall–Kier alpha value is -1.12. The number of carbonyl (C=O) groups excluding carboxylic acids is 1. The van der Waals surface area contributed by atoms with Crippen molar-refractivity contribution in [2.45, 2.75) is 24.5 Å². The topological polar surface area (TPSA) is 66.9 Å². The van der Waals surface area contributed by atoms with Crippen molar-refractivity contribution in [3.8, 4) is 0 Å². The Labute approximate surface area is 129 Å². The number of hydrogen-bond donors (Lipinski definition) is 0. The molecule has 118 valence electrons. The van der Waals surface area contributed by atoms with Gasteiger partial charge in [0.1, 0.15) is 4.21 Å². The molecule has 1 aromatic heterocycles. The van der Waals surface area contributed by atoms with Gasteiger partial charge in [-0.05, 0) is 25.5 Å². The highest BCUT2D eigenvalue weighted by Crippen LogP contribution is 2.26. The van der Waals surface area contributed by atoms with Crippen LogP contribution in [-0.4, -0.2) is 56.5 Å². The molecular formula is C13H20N2O4S2. The van der Waals surface area contributed by atoms with Crippen LogP contribution in [0.15, 0.2) is 16.3 Å². The SMILES string of the molecule is CCOC(=O)N1CCN(S(=O)(=O)c2ccc(CC)s2)CC1. The van der Waals surface area contributed by atoms with Crippen molar-refractivity contribution in [1.82, 2.24) is 9.21 Å². The molecule has 0 N–H and O–H groups in total.